The van der Waals surface area contributed by atoms with Crippen molar-refractivity contribution in [2.75, 3.05) is 12.4 Å². The van der Waals surface area contributed by atoms with E-state index in [1.807, 2.05) is 0 Å². The predicted molar refractivity (Wildman–Crippen MR) is 73.8 cm³/mol. The van der Waals surface area contributed by atoms with E-state index in [0.717, 1.165) is 0 Å². The monoisotopic (exact) mass is 297 g/mol. The van der Waals surface area contributed by atoms with E-state index >= 15 is 0 Å². The van der Waals surface area contributed by atoms with E-state index in [9.17, 15) is 19.8 Å². The number of phenols is 1. The smallest absolute Gasteiger partial charge is 0.326 e. The Kier molecular flexibility index (Phi) is 4.49. The number of aromatic hydroxyl groups is 1. The molecule has 1 heterocycles. The van der Waals surface area contributed by atoms with Crippen molar-refractivity contribution < 1.29 is 19.8 Å². The van der Waals surface area contributed by atoms with Gasteiger partial charge in [-0.15, -0.1) is 11.6 Å². The maximum Gasteiger partial charge on any atom is 0.326 e. The Morgan fingerprint density at radius 2 is 2.25 bits per heavy atom. The fourth-order valence-corrected chi connectivity index (χ4v) is 2.66. The summed E-state index contributed by atoms with van der Waals surface area (Å²) in [4.78, 5) is 24.7. The summed E-state index contributed by atoms with van der Waals surface area (Å²) in [5.41, 5.74) is 0.680. The van der Waals surface area contributed by atoms with E-state index in [2.05, 4.69) is 0 Å². The van der Waals surface area contributed by atoms with E-state index < -0.39 is 12.0 Å². The molecule has 2 rings (SSSR count). The summed E-state index contributed by atoms with van der Waals surface area (Å²) in [7, 11) is 0. The van der Waals surface area contributed by atoms with Gasteiger partial charge in [0.15, 0.2) is 0 Å². The first-order valence-corrected chi connectivity index (χ1v) is 6.91. The second-order valence-corrected chi connectivity index (χ2v) is 5.31. The van der Waals surface area contributed by atoms with Gasteiger partial charge in [-0.2, -0.15) is 0 Å². The SMILES string of the molecule is O=C(O)C(Cc1cccc(O)c1)N1CC(CCl)CC1=O. The fourth-order valence-electron chi connectivity index (χ4n) is 2.45. The third-order valence-corrected chi connectivity index (χ3v) is 3.89. The fraction of sp³-hybridized carbons (Fsp3) is 0.429. The zero-order valence-electron chi connectivity index (χ0n) is 10.8. The van der Waals surface area contributed by atoms with Crippen molar-refractivity contribution in [3.8, 4) is 5.75 Å². The Labute approximate surface area is 121 Å². The van der Waals surface area contributed by atoms with Crippen molar-refractivity contribution >= 4 is 23.5 Å². The van der Waals surface area contributed by atoms with E-state index in [4.69, 9.17) is 11.6 Å². The van der Waals surface area contributed by atoms with Crippen LogP contribution in [0.2, 0.25) is 0 Å². The molecule has 1 amide bonds. The third kappa shape index (κ3) is 3.22. The minimum atomic E-state index is -1.04. The number of carbonyl (C=O) groups excluding carboxylic acids is 1. The molecule has 1 saturated heterocycles. The lowest BCUT2D eigenvalue weighted by Crippen LogP contribution is -2.43. The van der Waals surface area contributed by atoms with E-state index in [1.54, 1.807) is 12.1 Å². The van der Waals surface area contributed by atoms with Crippen LogP contribution in [-0.2, 0) is 16.0 Å². The number of hydrogen-bond acceptors (Lipinski definition) is 3. The minimum Gasteiger partial charge on any atom is -0.508 e. The van der Waals surface area contributed by atoms with Crippen LogP contribution < -0.4 is 0 Å². The average Bonchev–Trinajstić information content (AvgIpc) is 2.77. The van der Waals surface area contributed by atoms with Gasteiger partial charge in [-0.1, -0.05) is 12.1 Å². The van der Waals surface area contributed by atoms with Crippen LogP contribution in [0.15, 0.2) is 24.3 Å². The molecule has 1 aliphatic heterocycles. The van der Waals surface area contributed by atoms with Crippen LogP contribution in [0.5, 0.6) is 5.75 Å². The summed E-state index contributed by atoms with van der Waals surface area (Å²) < 4.78 is 0. The van der Waals surface area contributed by atoms with E-state index in [-0.39, 0.29) is 24.0 Å². The van der Waals surface area contributed by atoms with Gasteiger partial charge < -0.3 is 15.1 Å². The molecule has 2 atom stereocenters. The van der Waals surface area contributed by atoms with Gasteiger partial charge in [0.05, 0.1) is 0 Å². The Morgan fingerprint density at radius 3 is 2.80 bits per heavy atom. The molecule has 0 bridgehead atoms. The Balaban J connectivity index is 2.16. The molecule has 6 heteroatoms. The van der Waals surface area contributed by atoms with Gasteiger partial charge in [0.1, 0.15) is 11.8 Å². The van der Waals surface area contributed by atoms with Crippen LogP contribution in [0, 0.1) is 5.92 Å². The van der Waals surface area contributed by atoms with Crippen molar-refractivity contribution in [3.63, 3.8) is 0 Å². The lowest BCUT2D eigenvalue weighted by Gasteiger charge is -2.24. The third-order valence-electron chi connectivity index (χ3n) is 3.46. The molecule has 108 valence electrons. The van der Waals surface area contributed by atoms with Gasteiger partial charge in [-0.3, -0.25) is 4.79 Å². The first-order valence-electron chi connectivity index (χ1n) is 6.37. The number of nitrogens with zero attached hydrogens (tertiary/aromatic N) is 1. The van der Waals surface area contributed by atoms with Gasteiger partial charge >= 0.3 is 5.97 Å². The summed E-state index contributed by atoms with van der Waals surface area (Å²) in [6.07, 6.45) is 0.470. The summed E-state index contributed by atoms with van der Waals surface area (Å²) in [5, 5.41) is 18.8. The van der Waals surface area contributed by atoms with Gasteiger partial charge in [0, 0.05) is 25.3 Å². The van der Waals surface area contributed by atoms with Gasteiger partial charge in [-0.25, -0.2) is 4.79 Å². The van der Waals surface area contributed by atoms with Crippen molar-refractivity contribution in [3.05, 3.63) is 29.8 Å². The number of rotatable bonds is 5. The first-order chi connectivity index (χ1) is 9.51. The Bertz CT molecular complexity index is 520. The summed E-state index contributed by atoms with van der Waals surface area (Å²) in [6.45, 7) is 0.373. The number of carboxylic acid groups (broad SMARTS) is 1. The van der Waals surface area contributed by atoms with Crippen molar-refractivity contribution in [1.82, 2.24) is 4.90 Å². The number of halogens is 1. The van der Waals surface area contributed by atoms with Crippen LogP contribution in [0.25, 0.3) is 0 Å². The number of likely N-dealkylation sites (tertiary alicyclic amines) is 1. The zero-order valence-corrected chi connectivity index (χ0v) is 11.6. The molecule has 0 aromatic heterocycles. The summed E-state index contributed by atoms with van der Waals surface area (Å²) >= 11 is 5.74. The molecule has 5 nitrogen and oxygen atoms in total. The van der Waals surface area contributed by atoms with Crippen molar-refractivity contribution in [2.24, 2.45) is 5.92 Å². The number of phenolic OH excluding ortho intramolecular Hbond substituents is 1. The zero-order chi connectivity index (χ0) is 14.7. The number of hydrogen-bond donors (Lipinski definition) is 2. The lowest BCUT2D eigenvalue weighted by atomic mass is 10.0. The normalized spacial score (nSPS) is 20.1. The molecule has 20 heavy (non-hydrogen) atoms. The van der Waals surface area contributed by atoms with Crippen LogP contribution in [0.3, 0.4) is 0 Å². The molecule has 1 aromatic carbocycles. The molecule has 0 radical (unpaired) electrons. The largest absolute Gasteiger partial charge is 0.508 e. The van der Waals surface area contributed by atoms with E-state index in [1.165, 1.54) is 17.0 Å². The maximum absolute atomic E-state index is 11.9. The summed E-state index contributed by atoms with van der Waals surface area (Å²) in [5.74, 6) is -0.783. The highest BCUT2D eigenvalue weighted by Crippen LogP contribution is 2.24. The molecule has 0 saturated carbocycles. The second kappa shape index (κ2) is 6.13. The highest BCUT2D eigenvalue weighted by atomic mass is 35.5. The van der Waals surface area contributed by atoms with Crippen molar-refractivity contribution in [1.29, 1.82) is 0 Å². The molecular weight excluding hydrogens is 282 g/mol. The highest BCUT2D eigenvalue weighted by molar-refractivity contribution is 6.18. The Morgan fingerprint density at radius 1 is 1.50 bits per heavy atom. The number of carboxylic acids is 1. The van der Waals surface area contributed by atoms with Crippen molar-refractivity contribution in [2.45, 2.75) is 18.9 Å². The number of carbonyl (C=O) groups is 2. The van der Waals surface area contributed by atoms with Crippen LogP contribution in [0.4, 0.5) is 0 Å². The van der Waals surface area contributed by atoms with Gasteiger partial charge in [0.2, 0.25) is 5.91 Å². The topological polar surface area (TPSA) is 77.8 Å². The van der Waals surface area contributed by atoms with Gasteiger partial charge in [-0.05, 0) is 23.6 Å². The molecule has 1 aromatic rings. The lowest BCUT2D eigenvalue weighted by molar-refractivity contribution is -0.148. The molecule has 0 aliphatic carbocycles. The molecule has 2 N–H and O–H groups in total. The highest BCUT2D eigenvalue weighted by Gasteiger charge is 2.37. The molecule has 1 fully saturated rings. The maximum atomic E-state index is 11.9. The predicted octanol–water partition coefficient (Wildman–Crippen LogP) is 1.48. The van der Waals surface area contributed by atoms with Crippen LogP contribution in [0.1, 0.15) is 12.0 Å². The first kappa shape index (κ1) is 14.7. The van der Waals surface area contributed by atoms with Crippen LogP contribution >= 0.6 is 11.6 Å². The van der Waals surface area contributed by atoms with Crippen LogP contribution in [-0.4, -0.2) is 45.5 Å². The Hall–Kier alpha value is -1.75. The number of benzene rings is 1. The number of aliphatic carboxylic acids is 1. The molecular formula is C14H16ClNO4. The quantitative estimate of drug-likeness (QED) is 0.807. The summed E-state index contributed by atoms with van der Waals surface area (Å²) in [6, 6.07) is 5.49. The molecule has 2 unspecified atom stereocenters. The second-order valence-electron chi connectivity index (χ2n) is 5.00. The average molecular weight is 298 g/mol. The molecule has 1 aliphatic rings. The van der Waals surface area contributed by atoms with E-state index in [0.29, 0.717) is 24.4 Å². The minimum absolute atomic E-state index is 0.00944. The standard InChI is InChI=1S/C14H16ClNO4/c15-7-10-6-13(18)16(8-10)12(14(19)20)5-9-2-1-3-11(17)4-9/h1-4,10,12,17H,5-8H2,(H,19,20). The van der Waals surface area contributed by atoms with Gasteiger partial charge in [0.25, 0.3) is 0 Å². The number of amides is 1. The molecule has 0 spiro atoms. The number of alkyl halides is 1.